The molecule has 2 aromatic heterocycles. The molecule has 1 aliphatic carbocycles. The summed E-state index contributed by atoms with van der Waals surface area (Å²) in [6.45, 7) is 3.94. The smallest absolute Gasteiger partial charge is 0.323 e. The average Bonchev–Trinajstić information content (AvgIpc) is 3.31. The standard InChI is InChI=1S/C19H19Cl2N7O2/c1-10-5-13-8-19(7-10,17-25-24-11(2)30-17)27(13)18(29)23-12-3-4-14(20)15(6-12)28-22-9-16(21)26-28/h3-4,6,9-10,13H,5,7-8H2,1-2H3,(H,23,29)/t10-,13?,19?/m1/s1. The third-order valence-corrected chi connectivity index (χ3v) is 6.27. The lowest BCUT2D eigenvalue weighted by Crippen LogP contribution is -2.70. The number of hydrogen-bond acceptors (Lipinski definition) is 6. The number of rotatable bonds is 3. The SMILES string of the molecule is Cc1nnc(C23CC(C[C@@H](C)C2)N3C(=O)Nc2ccc(Cl)c(-n3ncc(Cl)n3)c2)o1. The number of anilines is 1. The molecule has 1 saturated carbocycles. The molecule has 30 heavy (non-hydrogen) atoms. The number of urea groups is 1. The fourth-order valence-electron chi connectivity index (χ4n) is 4.72. The van der Waals surface area contributed by atoms with Crippen LogP contribution in [0.1, 0.15) is 38.0 Å². The van der Waals surface area contributed by atoms with E-state index in [1.54, 1.807) is 25.1 Å². The molecular weight excluding hydrogens is 429 g/mol. The summed E-state index contributed by atoms with van der Waals surface area (Å²) in [5.74, 6) is 1.47. The number of benzene rings is 1. The van der Waals surface area contributed by atoms with E-state index in [2.05, 4.69) is 32.6 Å². The van der Waals surface area contributed by atoms with Crippen LogP contribution in [-0.4, -0.2) is 42.2 Å². The minimum Gasteiger partial charge on any atom is -0.423 e. The number of nitrogens with zero attached hydrogens (tertiary/aromatic N) is 6. The molecule has 1 saturated heterocycles. The van der Waals surface area contributed by atoms with Gasteiger partial charge in [0.2, 0.25) is 11.8 Å². The summed E-state index contributed by atoms with van der Waals surface area (Å²) in [6, 6.07) is 5.04. The number of fused-ring (bicyclic) bond motifs is 2. The highest BCUT2D eigenvalue weighted by atomic mass is 35.5. The molecule has 3 heterocycles. The van der Waals surface area contributed by atoms with E-state index >= 15 is 0 Å². The molecule has 2 amide bonds. The summed E-state index contributed by atoms with van der Waals surface area (Å²) in [6.07, 6.45) is 3.99. The lowest BCUT2D eigenvalue weighted by molar-refractivity contribution is -0.110. The largest absolute Gasteiger partial charge is 0.423 e. The highest BCUT2D eigenvalue weighted by molar-refractivity contribution is 6.32. The Labute approximate surface area is 182 Å². The maximum Gasteiger partial charge on any atom is 0.323 e. The van der Waals surface area contributed by atoms with Gasteiger partial charge in [0, 0.05) is 25.1 Å². The molecule has 9 nitrogen and oxygen atoms in total. The number of nitrogens with one attached hydrogen (secondary N) is 1. The first-order valence-corrected chi connectivity index (χ1v) is 10.4. The third-order valence-electron chi connectivity index (χ3n) is 5.78. The Morgan fingerprint density at radius 1 is 1.30 bits per heavy atom. The van der Waals surface area contributed by atoms with Crippen LogP contribution in [0, 0.1) is 12.8 Å². The lowest BCUT2D eigenvalue weighted by atomic mass is 9.64. The van der Waals surface area contributed by atoms with Gasteiger partial charge in [0.1, 0.15) is 11.2 Å². The molecule has 1 aromatic carbocycles. The van der Waals surface area contributed by atoms with Crippen molar-refractivity contribution in [2.24, 2.45) is 5.92 Å². The van der Waals surface area contributed by atoms with Crippen LogP contribution in [0.15, 0.2) is 28.8 Å². The molecule has 2 unspecified atom stereocenters. The molecule has 5 rings (SSSR count). The number of aromatic nitrogens is 5. The van der Waals surface area contributed by atoms with E-state index in [0.29, 0.717) is 34.1 Å². The van der Waals surface area contributed by atoms with Crippen LogP contribution in [0.5, 0.6) is 0 Å². The van der Waals surface area contributed by atoms with Gasteiger partial charge in [-0.25, -0.2) is 4.79 Å². The van der Waals surface area contributed by atoms with E-state index in [9.17, 15) is 4.79 Å². The topological polar surface area (TPSA) is 102 Å². The van der Waals surface area contributed by atoms with E-state index in [1.165, 1.54) is 11.0 Å². The molecule has 156 valence electrons. The van der Waals surface area contributed by atoms with Crippen LogP contribution in [0.2, 0.25) is 10.2 Å². The van der Waals surface area contributed by atoms with Crippen LogP contribution in [-0.2, 0) is 5.54 Å². The Kier molecular flexibility index (Phi) is 4.48. The highest BCUT2D eigenvalue weighted by Crippen LogP contribution is 2.55. The molecule has 0 spiro atoms. The summed E-state index contributed by atoms with van der Waals surface area (Å²) in [5, 5.41) is 20.0. The average molecular weight is 448 g/mol. The van der Waals surface area contributed by atoms with Gasteiger partial charge in [0.15, 0.2) is 5.15 Å². The first kappa shape index (κ1) is 19.3. The van der Waals surface area contributed by atoms with Crippen molar-refractivity contribution in [3.8, 4) is 5.69 Å². The van der Waals surface area contributed by atoms with Crippen molar-refractivity contribution in [2.75, 3.05) is 5.32 Å². The van der Waals surface area contributed by atoms with E-state index < -0.39 is 5.54 Å². The molecule has 1 aliphatic heterocycles. The summed E-state index contributed by atoms with van der Waals surface area (Å²) in [5.41, 5.74) is 0.531. The van der Waals surface area contributed by atoms with Crippen LogP contribution in [0.4, 0.5) is 10.5 Å². The predicted molar refractivity (Wildman–Crippen MR) is 110 cm³/mol. The minimum absolute atomic E-state index is 0.138. The summed E-state index contributed by atoms with van der Waals surface area (Å²) >= 11 is 12.1. The van der Waals surface area contributed by atoms with Gasteiger partial charge in [-0.3, -0.25) is 0 Å². The fourth-order valence-corrected chi connectivity index (χ4v) is 5.03. The molecule has 2 fully saturated rings. The van der Waals surface area contributed by atoms with Gasteiger partial charge in [-0.15, -0.1) is 20.1 Å². The second-order valence-electron chi connectivity index (χ2n) is 7.98. The highest BCUT2D eigenvalue weighted by Gasteiger charge is 2.62. The molecule has 0 radical (unpaired) electrons. The predicted octanol–water partition coefficient (Wildman–Crippen LogP) is 4.20. The maximum atomic E-state index is 13.3. The van der Waals surface area contributed by atoms with Crippen molar-refractivity contribution >= 4 is 34.9 Å². The van der Waals surface area contributed by atoms with Crippen molar-refractivity contribution in [1.82, 2.24) is 30.1 Å². The van der Waals surface area contributed by atoms with E-state index in [-0.39, 0.29) is 17.2 Å². The zero-order chi connectivity index (χ0) is 21.0. The third kappa shape index (κ3) is 3.04. The van der Waals surface area contributed by atoms with Crippen molar-refractivity contribution < 1.29 is 9.21 Å². The van der Waals surface area contributed by atoms with Gasteiger partial charge < -0.3 is 14.6 Å². The Hall–Kier alpha value is -2.65. The van der Waals surface area contributed by atoms with Crippen LogP contribution in [0.25, 0.3) is 5.69 Å². The van der Waals surface area contributed by atoms with Gasteiger partial charge in [-0.05, 0) is 37.0 Å². The molecule has 3 aromatic rings. The first-order chi connectivity index (χ1) is 14.4. The van der Waals surface area contributed by atoms with Gasteiger partial charge >= 0.3 is 6.03 Å². The Morgan fingerprint density at radius 3 is 2.83 bits per heavy atom. The van der Waals surface area contributed by atoms with E-state index in [1.807, 2.05) is 4.90 Å². The Bertz CT molecular complexity index is 1130. The molecule has 3 atom stereocenters. The zero-order valence-corrected chi connectivity index (χ0v) is 17.9. The van der Waals surface area contributed by atoms with Crippen molar-refractivity contribution in [2.45, 2.75) is 44.7 Å². The van der Waals surface area contributed by atoms with Gasteiger partial charge in [0.05, 0.1) is 11.2 Å². The zero-order valence-electron chi connectivity index (χ0n) is 16.3. The molecular formula is C19H19Cl2N7O2. The lowest BCUT2D eigenvalue weighted by Gasteiger charge is -2.61. The summed E-state index contributed by atoms with van der Waals surface area (Å²) in [4.78, 5) is 16.4. The first-order valence-electron chi connectivity index (χ1n) is 9.64. The molecule has 2 aliphatic rings. The number of amides is 2. The van der Waals surface area contributed by atoms with Crippen molar-refractivity contribution in [3.05, 3.63) is 46.4 Å². The fraction of sp³-hybridized carbons (Fsp3) is 0.421. The second kappa shape index (κ2) is 6.95. The van der Waals surface area contributed by atoms with Crippen LogP contribution in [0.3, 0.4) is 0 Å². The van der Waals surface area contributed by atoms with Gasteiger partial charge in [0.25, 0.3) is 0 Å². The summed E-state index contributed by atoms with van der Waals surface area (Å²) < 4.78 is 5.74. The van der Waals surface area contributed by atoms with Crippen molar-refractivity contribution in [1.29, 1.82) is 0 Å². The van der Waals surface area contributed by atoms with Crippen molar-refractivity contribution in [3.63, 3.8) is 0 Å². The maximum absolute atomic E-state index is 13.3. The number of hydrogen-bond donors (Lipinski definition) is 1. The number of carbonyl (C=O) groups is 1. The minimum atomic E-state index is -0.556. The van der Waals surface area contributed by atoms with E-state index in [0.717, 1.165) is 19.3 Å². The van der Waals surface area contributed by atoms with Crippen LogP contribution >= 0.6 is 23.2 Å². The monoisotopic (exact) mass is 447 g/mol. The summed E-state index contributed by atoms with van der Waals surface area (Å²) in [7, 11) is 0. The second-order valence-corrected chi connectivity index (χ2v) is 8.78. The van der Waals surface area contributed by atoms with E-state index in [4.69, 9.17) is 27.6 Å². The normalized spacial score (nSPS) is 25.1. The molecule has 1 N–H and O–H groups in total. The number of piperidine rings is 1. The molecule has 11 heteroatoms. The number of halogens is 2. The quantitative estimate of drug-likeness (QED) is 0.645. The number of carbonyl (C=O) groups excluding carboxylic acids is 1. The number of likely N-dealkylation sites (tertiary alicyclic amines) is 1. The van der Waals surface area contributed by atoms with Gasteiger partial charge in [-0.1, -0.05) is 30.1 Å². The van der Waals surface area contributed by atoms with Crippen LogP contribution < -0.4 is 5.32 Å². The number of aryl methyl sites for hydroxylation is 1. The Morgan fingerprint density at radius 2 is 2.13 bits per heavy atom. The molecule has 2 bridgehead atoms. The Balaban J connectivity index is 1.43. The van der Waals surface area contributed by atoms with Gasteiger partial charge in [-0.2, -0.15) is 5.10 Å².